The second-order valence-electron chi connectivity index (χ2n) is 9.64. The first-order valence-corrected chi connectivity index (χ1v) is 12.6. The minimum atomic E-state index is -0.243. The van der Waals surface area contributed by atoms with Crippen molar-refractivity contribution in [3.63, 3.8) is 0 Å². The van der Waals surface area contributed by atoms with Crippen LogP contribution in [-0.4, -0.2) is 24.9 Å². The highest BCUT2D eigenvalue weighted by molar-refractivity contribution is 6.03. The lowest BCUT2D eigenvalue weighted by Gasteiger charge is -2.32. The first kappa shape index (κ1) is 24.5. The molecule has 1 aliphatic heterocycles. The van der Waals surface area contributed by atoms with Crippen LogP contribution < -0.4 is 15.5 Å². The van der Waals surface area contributed by atoms with Gasteiger partial charge < -0.3 is 15.5 Å². The minimum Gasteiger partial charge on any atom is -0.366 e. The number of rotatable bonds is 8. The van der Waals surface area contributed by atoms with Gasteiger partial charge >= 0.3 is 0 Å². The van der Waals surface area contributed by atoms with Crippen molar-refractivity contribution in [1.29, 1.82) is 0 Å². The highest BCUT2D eigenvalue weighted by Crippen LogP contribution is 2.30. The fourth-order valence-corrected chi connectivity index (χ4v) is 4.65. The Bertz CT molecular complexity index is 1170. The van der Waals surface area contributed by atoms with Crippen LogP contribution in [0.15, 0.2) is 72.8 Å². The Morgan fingerprint density at radius 2 is 1.66 bits per heavy atom. The molecule has 2 N–H and O–H groups in total. The molecule has 0 aromatic heterocycles. The Balaban J connectivity index is 1.60. The van der Waals surface area contributed by atoms with Crippen LogP contribution in [0.25, 0.3) is 0 Å². The second kappa shape index (κ2) is 11.2. The summed E-state index contributed by atoms with van der Waals surface area (Å²) in [5, 5.41) is 6.12. The van der Waals surface area contributed by atoms with E-state index in [0.29, 0.717) is 30.1 Å². The summed E-state index contributed by atoms with van der Waals surface area (Å²) in [5.41, 5.74) is 5.78. The lowest BCUT2D eigenvalue weighted by Crippen LogP contribution is -2.34. The van der Waals surface area contributed by atoms with Crippen molar-refractivity contribution in [2.75, 3.05) is 23.3 Å². The van der Waals surface area contributed by atoms with E-state index in [1.54, 1.807) is 0 Å². The third-order valence-electron chi connectivity index (χ3n) is 6.58. The van der Waals surface area contributed by atoms with Crippen molar-refractivity contribution in [1.82, 2.24) is 5.32 Å². The first-order valence-electron chi connectivity index (χ1n) is 12.6. The molecule has 0 fully saturated rings. The molecule has 0 bridgehead atoms. The molecule has 1 unspecified atom stereocenters. The summed E-state index contributed by atoms with van der Waals surface area (Å²) in [5.74, 6) is -0.0679. The molecular formula is C30H35N3O2. The van der Waals surface area contributed by atoms with Crippen LogP contribution in [0.3, 0.4) is 0 Å². The Labute approximate surface area is 208 Å². The van der Waals surface area contributed by atoms with Crippen molar-refractivity contribution in [2.45, 2.75) is 46.1 Å². The number of hydrogen-bond acceptors (Lipinski definition) is 3. The predicted octanol–water partition coefficient (Wildman–Crippen LogP) is 5.77. The monoisotopic (exact) mass is 469 g/mol. The predicted molar refractivity (Wildman–Crippen MR) is 143 cm³/mol. The van der Waals surface area contributed by atoms with E-state index in [0.717, 1.165) is 30.8 Å². The standard InChI is InChI=1S/C30H35N3O2/c1-4-26(23-11-6-5-7-12-23)30(35)32-25-14-15-28(27(18-25)29(34)31-19-21(2)3)33-17-16-22-10-8-9-13-24(22)20-33/h5-15,18,21,26H,4,16-17,19-20H2,1-3H3,(H,31,34)(H,32,35). The Kier molecular flexibility index (Phi) is 7.86. The van der Waals surface area contributed by atoms with Gasteiger partial charge in [-0.3, -0.25) is 9.59 Å². The van der Waals surface area contributed by atoms with Crippen LogP contribution in [0.5, 0.6) is 0 Å². The van der Waals surface area contributed by atoms with Crippen molar-refractivity contribution in [3.8, 4) is 0 Å². The molecule has 3 aromatic carbocycles. The highest BCUT2D eigenvalue weighted by Gasteiger charge is 2.23. The SMILES string of the molecule is CCC(C(=O)Nc1ccc(N2CCc3ccccc3C2)c(C(=O)NCC(C)C)c1)c1ccccc1. The molecule has 0 radical (unpaired) electrons. The van der Waals surface area contributed by atoms with Crippen molar-refractivity contribution in [3.05, 3.63) is 95.1 Å². The maximum absolute atomic E-state index is 13.3. The van der Waals surface area contributed by atoms with E-state index >= 15 is 0 Å². The van der Waals surface area contributed by atoms with E-state index in [1.807, 2.05) is 55.5 Å². The fraction of sp³-hybridized carbons (Fsp3) is 0.333. The van der Waals surface area contributed by atoms with Gasteiger partial charge in [0.25, 0.3) is 5.91 Å². The minimum absolute atomic E-state index is 0.0631. The van der Waals surface area contributed by atoms with E-state index in [9.17, 15) is 9.59 Å². The largest absolute Gasteiger partial charge is 0.366 e. The summed E-state index contributed by atoms with van der Waals surface area (Å²) in [7, 11) is 0. The van der Waals surface area contributed by atoms with Gasteiger partial charge in [0, 0.05) is 31.0 Å². The molecule has 5 nitrogen and oxygen atoms in total. The van der Waals surface area contributed by atoms with E-state index in [4.69, 9.17) is 0 Å². The number of nitrogens with one attached hydrogen (secondary N) is 2. The molecule has 2 amide bonds. The van der Waals surface area contributed by atoms with Crippen molar-refractivity contribution in [2.24, 2.45) is 5.92 Å². The molecule has 1 aliphatic rings. The van der Waals surface area contributed by atoms with Gasteiger partial charge in [0.1, 0.15) is 0 Å². The zero-order valence-corrected chi connectivity index (χ0v) is 20.9. The lowest BCUT2D eigenvalue weighted by molar-refractivity contribution is -0.117. The number of carbonyl (C=O) groups excluding carboxylic acids is 2. The zero-order valence-electron chi connectivity index (χ0n) is 20.9. The van der Waals surface area contributed by atoms with Crippen LogP contribution in [0, 0.1) is 5.92 Å². The molecule has 4 rings (SSSR count). The Morgan fingerprint density at radius 1 is 0.943 bits per heavy atom. The number of benzene rings is 3. The van der Waals surface area contributed by atoms with Crippen LogP contribution in [0.1, 0.15) is 60.2 Å². The molecule has 0 aliphatic carbocycles. The normalized spacial score (nSPS) is 13.8. The van der Waals surface area contributed by atoms with E-state index in [1.165, 1.54) is 11.1 Å². The maximum Gasteiger partial charge on any atom is 0.253 e. The highest BCUT2D eigenvalue weighted by atomic mass is 16.2. The summed E-state index contributed by atoms with van der Waals surface area (Å²) in [6.45, 7) is 8.38. The molecule has 5 heteroatoms. The van der Waals surface area contributed by atoms with Crippen molar-refractivity contribution >= 4 is 23.2 Å². The Morgan fingerprint density at radius 3 is 2.37 bits per heavy atom. The fourth-order valence-electron chi connectivity index (χ4n) is 4.65. The summed E-state index contributed by atoms with van der Waals surface area (Å²) in [4.78, 5) is 28.7. The molecular weight excluding hydrogens is 434 g/mol. The van der Waals surface area contributed by atoms with Crippen molar-refractivity contribution < 1.29 is 9.59 Å². The van der Waals surface area contributed by atoms with Gasteiger partial charge in [0.05, 0.1) is 11.5 Å². The van der Waals surface area contributed by atoms with Gasteiger partial charge in [-0.15, -0.1) is 0 Å². The average molecular weight is 470 g/mol. The zero-order chi connectivity index (χ0) is 24.8. The van der Waals surface area contributed by atoms with Gasteiger partial charge in [-0.25, -0.2) is 0 Å². The molecule has 3 aromatic rings. The quantitative estimate of drug-likeness (QED) is 0.440. The number of anilines is 2. The molecule has 1 heterocycles. The lowest BCUT2D eigenvalue weighted by atomic mass is 9.95. The van der Waals surface area contributed by atoms with Gasteiger partial charge in [-0.2, -0.15) is 0 Å². The average Bonchev–Trinajstić information content (AvgIpc) is 2.88. The topological polar surface area (TPSA) is 61.4 Å². The smallest absolute Gasteiger partial charge is 0.253 e. The molecule has 35 heavy (non-hydrogen) atoms. The second-order valence-corrected chi connectivity index (χ2v) is 9.64. The number of hydrogen-bond donors (Lipinski definition) is 2. The molecule has 0 saturated heterocycles. The van der Waals surface area contributed by atoms with E-state index in [2.05, 4.69) is 53.6 Å². The molecule has 1 atom stereocenters. The number of carbonyl (C=O) groups is 2. The Hall–Kier alpha value is -3.60. The number of nitrogens with zero attached hydrogens (tertiary/aromatic N) is 1. The van der Waals surface area contributed by atoms with Gasteiger partial charge in [0.15, 0.2) is 0 Å². The van der Waals surface area contributed by atoms with E-state index in [-0.39, 0.29) is 17.7 Å². The third-order valence-corrected chi connectivity index (χ3v) is 6.58. The molecule has 0 saturated carbocycles. The summed E-state index contributed by atoms with van der Waals surface area (Å²) < 4.78 is 0. The van der Waals surface area contributed by atoms with Crippen LogP contribution in [0.4, 0.5) is 11.4 Å². The van der Waals surface area contributed by atoms with Crippen LogP contribution in [0.2, 0.25) is 0 Å². The summed E-state index contributed by atoms with van der Waals surface area (Å²) in [6.07, 6.45) is 1.64. The van der Waals surface area contributed by atoms with Crippen LogP contribution in [-0.2, 0) is 17.8 Å². The van der Waals surface area contributed by atoms with Gasteiger partial charge in [-0.05, 0) is 53.6 Å². The van der Waals surface area contributed by atoms with Gasteiger partial charge in [0.2, 0.25) is 5.91 Å². The van der Waals surface area contributed by atoms with Gasteiger partial charge in [-0.1, -0.05) is 75.4 Å². The maximum atomic E-state index is 13.3. The van der Waals surface area contributed by atoms with E-state index < -0.39 is 0 Å². The number of fused-ring (bicyclic) bond motifs is 1. The summed E-state index contributed by atoms with van der Waals surface area (Å²) in [6, 6.07) is 24.0. The third kappa shape index (κ3) is 5.91. The molecule has 0 spiro atoms. The van der Waals surface area contributed by atoms with Crippen LogP contribution >= 0.6 is 0 Å². The number of amides is 2. The summed E-state index contributed by atoms with van der Waals surface area (Å²) >= 11 is 0. The first-order chi connectivity index (χ1) is 17.0. The molecule has 182 valence electrons.